The van der Waals surface area contributed by atoms with Gasteiger partial charge in [0.25, 0.3) is 0 Å². The molecule has 1 aliphatic rings. The molecule has 1 aromatic carbocycles. The van der Waals surface area contributed by atoms with Crippen molar-refractivity contribution in [2.75, 3.05) is 7.11 Å². The Balaban J connectivity index is 2.09. The molecule has 1 aromatic rings. The van der Waals surface area contributed by atoms with E-state index in [1.165, 1.54) is 19.3 Å². The van der Waals surface area contributed by atoms with E-state index < -0.39 is 0 Å². The van der Waals surface area contributed by atoms with E-state index in [9.17, 15) is 5.11 Å². The molecule has 0 spiro atoms. The SMILES string of the molecule is COc1cccc(C(O)C2CCCCC2)c1. The van der Waals surface area contributed by atoms with E-state index in [0.717, 1.165) is 24.2 Å². The third-order valence-corrected chi connectivity index (χ3v) is 3.53. The van der Waals surface area contributed by atoms with Crippen molar-refractivity contribution in [2.45, 2.75) is 38.2 Å². The van der Waals surface area contributed by atoms with Crippen LogP contribution in [0, 0.1) is 5.92 Å². The quantitative estimate of drug-likeness (QED) is 0.846. The normalized spacial score (nSPS) is 19.4. The number of aliphatic hydroxyl groups is 1. The third-order valence-electron chi connectivity index (χ3n) is 3.53. The lowest BCUT2D eigenvalue weighted by Crippen LogP contribution is -2.15. The molecule has 0 heterocycles. The summed E-state index contributed by atoms with van der Waals surface area (Å²) in [5, 5.41) is 10.3. The van der Waals surface area contributed by atoms with Crippen LogP contribution in [-0.2, 0) is 0 Å². The van der Waals surface area contributed by atoms with E-state index in [-0.39, 0.29) is 6.10 Å². The Morgan fingerprint density at radius 3 is 2.69 bits per heavy atom. The predicted molar refractivity (Wildman–Crippen MR) is 64.5 cm³/mol. The highest BCUT2D eigenvalue weighted by molar-refractivity contribution is 5.30. The molecule has 2 heteroatoms. The van der Waals surface area contributed by atoms with Crippen LogP contribution in [0.3, 0.4) is 0 Å². The molecule has 0 radical (unpaired) electrons. The second-order valence-electron chi connectivity index (χ2n) is 4.62. The molecule has 1 fully saturated rings. The Morgan fingerprint density at radius 1 is 1.25 bits per heavy atom. The zero-order valence-corrected chi connectivity index (χ0v) is 9.86. The molecule has 1 aliphatic carbocycles. The summed E-state index contributed by atoms with van der Waals surface area (Å²) in [5.74, 6) is 1.26. The van der Waals surface area contributed by atoms with Crippen LogP contribution < -0.4 is 4.74 Å². The van der Waals surface area contributed by atoms with E-state index in [2.05, 4.69) is 0 Å². The Kier molecular flexibility index (Phi) is 3.83. The lowest BCUT2D eigenvalue weighted by molar-refractivity contribution is 0.0846. The van der Waals surface area contributed by atoms with E-state index in [0.29, 0.717) is 5.92 Å². The fraction of sp³-hybridized carbons (Fsp3) is 0.571. The minimum Gasteiger partial charge on any atom is -0.497 e. The van der Waals surface area contributed by atoms with Crippen LogP contribution in [0.5, 0.6) is 5.75 Å². The standard InChI is InChI=1S/C14H20O2/c1-16-13-9-5-8-12(10-13)14(15)11-6-3-2-4-7-11/h5,8-11,14-15H,2-4,6-7H2,1H3. The summed E-state index contributed by atoms with van der Waals surface area (Å²) in [5.41, 5.74) is 0.992. The fourth-order valence-corrected chi connectivity index (χ4v) is 2.55. The van der Waals surface area contributed by atoms with Crippen molar-refractivity contribution >= 4 is 0 Å². The predicted octanol–water partition coefficient (Wildman–Crippen LogP) is 3.31. The second-order valence-corrected chi connectivity index (χ2v) is 4.62. The van der Waals surface area contributed by atoms with Crippen molar-refractivity contribution in [3.8, 4) is 5.75 Å². The summed E-state index contributed by atoms with van der Waals surface area (Å²) in [6, 6.07) is 7.79. The number of hydrogen-bond acceptors (Lipinski definition) is 2. The first kappa shape index (κ1) is 11.5. The van der Waals surface area contributed by atoms with Crippen molar-refractivity contribution in [1.29, 1.82) is 0 Å². The average molecular weight is 220 g/mol. The fourth-order valence-electron chi connectivity index (χ4n) is 2.55. The largest absolute Gasteiger partial charge is 0.497 e. The number of methoxy groups -OCH3 is 1. The zero-order chi connectivity index (χ0) is 11.4. The molecule has 1 saturated carbocycles. The van der Waals surface area contributed by atoms with Gasteiger partial charge in [0.05, 0.1) is 13.2 Å². The monoisotopic (exact) mass is 220 g/mol. The Bertz CT molecular complexity index is 329. The first-order valence-corrected chi connectivity index (χ1v) is 6.13. The highest BCUT2D eigenvalue weighted by atomic mass is 16.5. The van der Waals surface area contributed by atoms with Gasteiger partial charge in [-0.15, -0.1) is 0 Å². The summed E-state index contributed by atoms with van der Waals surface area (Å²) in [6.07, 6.45) is 5.81. The zero-order valence-electron chi connectivity index (χ0n) is 9.86. The molecule has 2 nitrogen and oxygen atoms in total. The molecule has 1 atom stereocenters. The maximum Gasteiger partial charge on any atom is 0.119 e. The molecule has 1 unspecified atom stereocenters. The second kappa shape index (κ2) is 5.35. The van der Waals surface area contributed by atoms with Gasteiger partial charge in [0.2, 0.25) is 0 Å². The van der Waals surface area contributed by atoms with E-state index >= 15 is 0 Å². The molecule has 2 rings (SSSR count). The molecular weight excluding hydrogens is 200 g/mol. The van der Waals surface area contributed by atoms with Gasteiger partial charge in [0, 0.05) is 0 Å². The van der Waals surface area contributed by atoms with Gasteiger partial charge in [-0.25, -0.2) is 0 Å². The van der Waals surface area contributed by atoms with Gasteiger partial charge in [-0.05, 0) is 36.5 Å². The number of ether oxygens (including phenoxy) is 1. The number of aliphatic hydroxyl groups excluding tert-OH is 1. The van der Waals surface area contributed by atoms with Crippen LogP contribution in [0.2, 0.25) is 0 Å². The molecular formula is C14H20O2. The van der Waals surface area contributed by atoms with E-state index in [1.54, 1.807) is 7.11 Å². The molecule has 0 amide bonds. The first-order valence-electron chi connectivity index (χ1n) is 6.13. The Morgan fingerprint density at radius 2 is 2.00 bits per heavy atom. The lowest BCUT2D eigenvalue weighted by Gasteiger charge is -2.26. The number of hydrogen-bond donors (Lipinski definition) is 1. The summed E-state index contributed by atoms with van der Waals surface area (Å²) < 4.78 is 5.18. The Labute approximate surface area is 97.3 Å². The van der Waals surface area contributed by atoms with Gasteiger partial charge in [0.15, 0.2) is 0 Å². The molecule has 1 N–H and O–H groups in total. The van der Waals surface area contributed by atoms with E-state index in [1.807, 2.05) is 24.3 Å². The van der Waals surface area contributed by atoms with Crippen molar-refractivity contribution < 1.29 is 9.84 Å². The number of rotatable bonds is 3. The average Bonchev–Trinajstić information content (AvgIpc) is 2.39. The van der Waals surface area contributed by atoms with Crippen LogP contribution in [0.4, 0.5) is 0 Å². The van der Waals surface area contributed by atoms with Crippen molar-refractivity contribution in [2.24, 2.45) is 5.92 Å². The molecule has 16 heavy (non-hydrogen) atoms. The van der Waals surface area contributed by atoms with Crippen LogP contribution in [0.15, 0.2) is 24.3 Å². The van der Waals surface area contributed by atoms with Crippen molar-refractivity contribution in [3.63, 3.8) is 0 Å². The Hall–Kier alpha value is -1.02. The van der Waals surface area contributed by atoms with Crippen LogP contribution in [0.25, 0.3) is 0 Å². The highest BCUT2D eigenvalue weighted by Crippen LogP contribution is 2.35. The maximum absolute atomic E-state index is 10.3. The minimum absolute atomic E-state index is 0.324. The van der Waals surface area contributed by atoms with E-state index in [4.69, 9.17) is 4.74 Å². The molecule has 88 valence electrons. The van der Waals surface area contributed by atoms with Crippen molar-refractivity contribution in [3.05, 3.63) is 29.8 Å². The molecule has 0 bridgehead atoms. The smallest absolute Gasteiger partial charge is 0.119 e. The summed E-state index contributed by atoms with van der Waals surface area (Å²) in [6.45, 7) is 0. The maximum atomic E-state index is 10.3. The van der Waals surface area contributed by atoms with Gasteiger partial charge in [0.1, 0.15) is 5.75 Å². The number of benzene rings is 1. The minimum atomic E-state index is -0.324. The summed E-state index contributed by atoms with van der Waals surface area (Å²) >= 11 is 0. The van der Waals surface area contributed by atoms with Gasteiger partial charge in [-0.2, -0.15) is 0 Å². The third kappa shape index (κ3) is 2.56. The van der Waals surface area contributed by atoms with Crippen molar-refractivity contribution in [1.82, 2.24) is 0 Å². The van der Waals surface area contributed by atoms with Gasteiger partial charge >= 0.3 is 0 Å². The van der Waals surface area contributed by atoms with Crippen LogP contribution in [0.1, 0.15) is 43.8 Å². The lowest BCUT2D eigenvalue weighted by atomic mass is 9.83. The molecule has 0 aliphatic heterocycles. The molecule has 0 aromatic heterocycles. The topological polar surface area (TPSA) is 29.5 Å². The van der Waals surface area contributed by atoms with Gasteiger partial charge < -0.3 is 9.84 Å². The highest BCUT2D eigenvalue weighted by Gasteiger charge is 2.23. The van der Waals surface area contributed by atoms with Gasteiger partial charge in [-0.3, -0.25) is 0 Å². The molecule has 0 saturated heterocycles. The first-order chi connectivity index (χ1) is 7.81. The van der Waals surface area contributed by atoms with Crippen LogP contribution >= 0.6 is 0 Å². The summed E-state index contributed by atoms with van der Waals surface area (Å²) in [7, 11) is 1.66. The van der Waals surface area contributed by atoms with Crippen LogP contribution in [-0.4, -0.2) is 12.2 Å². The summed E-state index contributed by atoms with van der Waals surface area (Å²) in [4.78, 5) is 0. The van der Waals surface area contributed by atoms with Gasteiger partial charge in [-0.1, -0.05) is 31.4 Å².